The Kier molecular flexibility index (Phi) is 3.01. The maximum atomic E-state index is 10.6. The quantitative estimate of drug-likeness (QED) is 0.823. The summed E-state index contributed by atoms with van der Waals surface area (Å²) >= 11 is 5.84. The van der Waals surface area contributed by atoms with Crippen molar-refractivity contribution >= 4 is 11.6 Å². The van der Waals surface area contributed by atoms with Gasteiger partial charge in [0.1, 0.15) is 5.60 Å². The Hall–Kier alpha value is -0.570. The average Bonchev–Trinajstić information content (AvgIpc) is 3.02. The summed E-state index contributed by atoms with van der Waals surface area (Å²) in [6.45, 7) is 0.597. The second kappa shape index (κ2) is 4.12. The Morgan fingerprint density at radius 3 is 2.47 bits per heavy atom. The molecule has 0 radical (unpaired) electrons. The summed E-state index contributed by atoms with van der Waals surface area (Å²) < 4.78 is 0. The Morgan fingerprint density at radius 2 is 2.00 bits per heavy atom. The largest absolute Gasteiger partial charge is 0.384 e. The van der Waals surface area contributed by atoms with Crippen LogP contribution in [0.2, 0.25) is 5.02 Å². The van der Waals surface area contributed by atoms with Crippen molar-refractivity contribution in [1.29, 1.82) is 0 Å². The highest BCUT2D eigenvalue weighted by Crippen LogP contribution is 2.45. The van der Waals surface area contributed by atoms with E-state index in [2.05, 4.69) is 5.32 Å². The molecule has 1 aromatic rings. The van der Waals surface area contributed by atoms with Crippen LogP contribution in [0.4, 0.5) is 0 Å². The molecule has 0 spiro atoms. The van der Waals surface area contributed by atoms with E-state index < -0.39 is 5.60 Å². The first-order valence-electron chi connectivity index (χ1n) is 5.30. The molecular formula is C12H16ClNO. The van der Waals surface area contributed by atoms with Crippen LogP contribution in [0.25, 0.3) is 0 Å². The van der Waals surface area contributed by atoms with Gasteiger partial charge in [0.25, 0.3) is 0 Å². The van der Waals surface area contributed by atoms with E-state index in [-0.39, 0.29) is 0 Å². The first-order valence-corrected chi connectivity index (χ1v) is 5.67. The van der Waals surface area contributed by atoms with Crippen molar-refractivity contribution in [1.82, 2.24) is 5.32 Å². The molecule has 0 amide bonds. The lowest BCUT2D eigenvalue weighted by atomic mass is 9.89. The van der Waals surface area contributed by atoms with Gasteiger partial charge in [0.2, 0.25) is 0 Å². The third-order valence-electron chi connectivity index (χ3n) is 3.04. The molecule has 3 heteroatoms. The minimum atomic E-state index is -0.723. The van der Waals surface area contributed by atoms with Gasteiger partial charge >= 0.3 is 0 Å². The molecule has 0 bridgehead atoms. The van der Waals surface area contributed by atoms with Crippen molar-refractivity contribution in [2.24, 2.45) is 5.92 Å². The molecule has 82 valence electrons. The summed E-state index contributed by atoms with van der Waals surface area (Å²) in [5, 5.41) is 14.4. The second-order valence-electron chi connectivity index (χ2n) is 4.24. The summed E-state index contributed by atoms with van der Waals surface area (Å²) in [5.74, 6) is 0.395. The van der Waals surface area contributed by atoms with Gasteiger partial charge in [0.15, 0.2) is 0 Å². The maximum absolute atomic E-state index is 10.6. The van der Waals surface area contributed by atoms with Crippen LogP contribution in [0.5, 0.6) is 0 Å². The van der Waals surface area contributed by atoms with Crippen LogP contribution < -0.4 is 5.32 Å². The van der Waals surface area contributed by atoms with E-state index in [1.54, 1.807) is 0 Å². The van der Waals surface area contributed by atoms with E-state index in [0.717, 1.165) is 18.4 Å². The summed E-state index contributed by atoms with van der Waals surface area (Å²) in [4.78, 5) is 0. The molecule has 1 saturated carbocycles. The van der Waals surface area contributed by atoms with E-state index in [1.807, 2.05) is 31.3 Å². The molecule has 0 heterocycles. The van der Waals surface area contributed by atoms with Gasteiger partial charge in [-0.1, -0.05) is 23.7 Å². The molecule has 1 aliphatic rings. The molecule has 1 aliphatic carbocycles. The molecule has 2 nitrogen and oxygen atoms in total. The number of aliphatic hydroxyl groups is 1. The number of hydrogen-bond donors (Lipinski definition) is 2. The number of benzene rings is 1. The van der Waals surface area contributed by atoms with E-state index in [9.17, 15) is 5.11 Å². The lowest BCUT2D eigenvalue weighted by Crippen LogP contribution is -2.38. The number of nitrogens with one attached hydrogen (secondary N) is 1. The average molecular weight is 226 g/mol. The number of halogens is 1. The molecule has 0 aromatic heterocycles. The number of rotatable bonds is 4. The van der Waals surface area contributed by atoms with Crippen LogP contribution in [-0.4, -0.2) is 18.7 Å². The van der Waals surface area contributed by atoms with Crippen molar-refractivity contribution in [3.63, 3.8) is 0 Å². The summed E-state index contributed by atoms with van der Waals surface area (Å²) in [5.41, 5.74) is 0.239. The van der Waals surface area contributed by atoms with Crippen LogP contribution >= 0.6 is 11.6 Å². The summed E-state index contributed by atoms with van der Waals surface area (Å²) in [6, 6.07) is 7.50. The Bertz CT molecular complexity index is 334. The fraction of sp³-hybridized carbons (Fsp3) is 0.500. The maximum Gasteiger partial charge on any atom is 0.105 e. The lowest BCUT2D eigenvalue weighted by molar-refractivity contribution is 0.0153. The zero-order valence-corrected chi connectivity index (χ0v) is 9.59. The monoisotopic (exact) mass is 225 g/mol. The minimum Gasteiger partial charge on any atom is -0.384 e. The predicted octanol–water partition coefficient (Wildman–Crippen LogP) is 2.16. The van der Waals surface area contributed by atoms with E-state index in [0.29, 0.717) is 17.5 Å². The number of likely N-dealkylation sites (N-methyl/N-ethyl adjacent to an activating group) is 1. The van der Waals surface area contributed by atoms with Crippen molar-refractivity contribution in [2.75, 3.05) is 13.6 Å². The molecule has 1 aromatic carbocycles. The zero-order chi connectivity index (χ0) is 10.9. The summed E-state index contributed by atoms with van der Waals surface area (Å²) in [7, 11) is 1.86. The van der Waals surface area contributed by atoms with Gasteiger partial charge in [-0.3, -0.25) is 0 Å². The Labute approximate surface area is 95.3 Å². The van der Waals surface area contributed by atoms with Gasteiger partial charge in [0, 0.05) is 11.6 Å². The number of hydrogen-bond acceptors (Lipinski definition) is 2. The Morgan fingerprint density at radius 1 is 1.40 bits per heavy atom. The van der Waals surface area contributed by atoms with E-state index >= 15 is 0 Å². The van der Waals surface area contributed by atoms with Gasteiger partial charge in [-0.15, -0.1) is 0 Å². The van der Waals surface area contributed by atoms with Crippen LogP contribution in [0.3, 0.4) is 0 Å². The molecule has 1 unspecified atom stereocenters. The molecule has 0 aliphatic heterocycles. The molecular weight excluding hydrogens is 210 g/mol. The molecule has 2 N–H and O–H groups in total. The van der Waals surface area contributed by atoms with Gasteiger partial charge < -0.3 is 10.4 Å². The third-order valence-corrected chi connectivity index (χ3v) is 3.30. The molecule has 1 atom stereocenters. The smallest absolute Gasteiger partial charge is 0.105 e. The topological polar surface area (TPSA) is 32.3 Å². The molecule has 1 fully saturated rings. The highest BCUT2D eigenvalue weighted by atomic mass is 35.5. The fourth-order valence-corrected chi connectivity index (χ4v) is 2.18. The van der Waals surface area contributed by atoms with Crippen LogP contribution in [0.1, 0.15) is 18.4 Å². The standard InChI is InChI=1S/C12H16ClNO/c1-14-8-12(15,9-2-3-9)10-4-6-11(13)7-5-10/h4-7,9,14-15H,2-3,8H2,1H3. The van der Waals surface area contributed by atoms with Gasteiger partial charge in [-0.2, -0.15) is 0 Å². The lowest BCUT2D eigenvalue weighted by Gasteiger charge is -2.28. The predicted molar refractivity (Wildman–Crippen MR) is 62.0 cm³/mol. The van der Waals surface area contributed by atoms with Crippen LogP contribution in [0, 0.1) is 5.92 Å². The van der Waals surface area contributed by atoms with Gasteiger partial charge in [-0.25, -0.2) is 0 Å². The van der Waals surface area contributed by atoms with Crippen LogP contribution in [-0.2, 0) is 5.60 Å². The zero-order valence-electron chi connectivity index (χ0n) is 8.83. The highest BCUT2D eigenvalue weighted by molar-refractivity contribution is 6.30. The van der Waals surface area contributed by atoms with Crippen LogP contribution in [0.15, 0.2) is 24.3 Å². The van der Waals surface area contributed by atoms with Crippen molar-refractivity contribution in [2.45, 2.75) is 18.4 Å². The second-order valence-corrected chi connectivity index (χ2v) is 4.67. The summed E-state index contributed by atoms with van der Waals surface area (Å²) in [6.07, 6.45) is 2.22. The highest BCUT2D eigenvalue weighted by Gasteiger charge is 2.44. The first kappa shape index (κ1) is 10.9. The Balaban J connectivity index is 2.27. The van der Waals surface area contributed by atoms with Crippen molar-refractivity contribution < 1.29 is 5.11 Å². The van der Waals surface area contributed by atoms with Gasteiger partial charge in [0.05, 0.1) is 0 Å². The molecule has 0 saturated heterocycles. The third kappa shape index (κ3) is 2.17. The SMILES string of the molecule is CNCC(O)(c1ccc(Cl)cc1)C1CC1. The fourth-order valence-electron chi connectivity index (χ4n) is 2.05. The van der Waals surface area contributed by atoms with Crippen molar-refractivity contribution in [3.05, 3.63) is 34.9 Å². The normalized spacial score (nSPS) is 19.9. The van der Waals surface area contributed by atoms with E-state index in [4.69, 9.17) is 11.6 Å². The van der Waals surface area contributed by atoms with E-state index in [1.165, 1.54) is 0 Å². The molecule has 15 heavy (non-hydrogen) atoms. The first-order chi connectivity index (χ1) is 7.16. The van der Waals surface area contributed by atoms with Crippen molar-refractivity contribution in [3.8, 4) is 0 Å². The minimum absolute atomic E-state index is 0.395. The molecule has 2 rings (SSSR count). The van der Waals surface area contributed by atoms with Gasteiger partial charge in [-0.05, 0) is 43.5 Å².